The fraction of sp³-hybridized carbons (Fsp3) is 0.429. The lowest BCUT2D eigenvalue weighted by atomic mass is 10.2. The van der Waals surface area contributed by atoms with Crippen LogP contribution in [0, 0.1) is 0 Å². The second kappa shape index (κ2) is 9.04. The Morgan fingerprint density at radius 3 is 3.14 bits per heavy atom. The number of aryl methyl sites for hydroxylation is 2. The topological polar surface area (TPSA) is 91.6 Å². The lowest BCUT2D eigenvalue weighted by Gasteiger charge is -2.23. The maximum absolute atomic E-state index is 12.7. The average Bonchev–Trinajstić information content (AvgIpc) is 3.39. The van der Waals surface area contributed by atoms with Gasteiger partial charge in [0, 0.05) is 11.4 Å². The lowest BCUT2D eigenvalue weighted by Crippen LogP contribution is -2.35. The minimum Gasteiger partial charge on any atom is -0.468 e. The van der Waals surface area contributed by atoms with Crippen molar-refractivity contribution in [2.45, 2.75) is 38.5 Å². The third-order valence-corrected chi connectivity index (χ3v) is 6.16. The third kappa shape index (κ3) is 4.67. The summed E-state index contributed by atoms with van der Waals surface area (Å²) < 4.78 is 10.8. The van der Waals surface area contributed by atoms with Crippen molar-refractivity contribution in [3.05, 3.63) is 63.4 Å². The van der Waals surface area contributed by atoms with Gasteiger partial charge in [0.15, 0.2) is 0 Å². The molecule has 0 aromatic carbocycles. The zero-order chi connectivity index (χ0) is 20.2. The summed E-state index contributed by atoms with van der Waals surface area (Å²) >= 11 is 1.63. The second-order valence-corrected chi connectivity index (χ2v) is 8.36. The smallest absolute Gasteiger partial charge is 0.259 e. The van der Waals surface area contributed by atoms with E-state index in [0.29, 0.717) is 32.1 Å². The van der Waals surface area contributed by atoms with Gasteiger partial charge in [-0.25, -0.2) is 4.98 Å². The molecular weight excluding hydrogens is 390 g/mol. The van der Waals surface area contributed by atoms with E-state index < -0.39 is 6.10 Å². The number of aliphatic hydroxyl groups is 1. The number of hydrogen-bond donors (Lipinski definition) is 2. The molecule has 0 fully saturated rings. The molecule has 1 atom stereocenters. The van der Waals surface area contributed by atoms with Crippen LogP contribution in [0.1, 0.15) is 28.4 Å². The van der Waals surface area contributed by atoms with Crippen LogP contribution in [0.4, 0.5) is 0 Å². The molecule has 0 amide bonds. The van der Waals surface area contributed by atoms with E-state index in [1.54, 1.807) is 23.7 Å². The molecule has 0 spiro atoms. The fourth-order valence-corrected chi connectivity index (χ4v) is 5.06. The summed E-state index contributed by atoms with van der Waals surface area (Å²) in [4.78, 5) is 24.5. The number of nitrogens with zero attached hydrogens (tertiary/aromatic N) is 2. The Morgan fingerprint density at radius 2 is 2.34 bits per heavy atom. The van der Waals surface area contributed by atoms with Crippen LogP contribution in [-0.4, -0.2) is 45.8 Å². The number of nitrogens with one attached hydrogen (secondary N) is 1. The SMILES string of the molecule is C=CCOC[C@H](O)CN(Cc1nc2sc3c(c2c(=O)[nH]1)CCC3)Cc1ccco1. The van der Waals surface area contributed by atoms with Crippen molar-refractivity contribution in [2.24, 2.45) is 0 Å². The van der Waals surface area contributed by atoms with E-state index in [9.17, 15) is 9.90 Å². The maximum Gasteiger partial charge on any atom is 0.259 e. The van der Waals surface area contributed by atoms with E-state index in [-0.39, 0.29) is 12.2 Å². The van der Waals surface area contributed by atoms with Gasteiger partial charge in [0.05, 0.1) is 44.1 Å². The van der Waals surface area contributed by atoms with Crippen molar-refractivity contribution in [2.75, 3.05) is 19.8 Å². The molecule has 0 saturated carbocycles. The van der Waals surface area contributed by atoms with Crippen LogP contribution >= 0.6 is 11.3 Å². The van der Waals surface area contributed by atoms with E-state index in [2.05, 4.69) is 11.6 Å². The van der Waals surface area contributed by atoms with Crippen LogP contribution in [0.3, 0.4) is 0 Å². The van der Waals surface area contributed by atoms with Crippen molar-refractivity contribution in [3.8, 4) is 0 Å². The first-order valence-corrected chi connectivity index (χ1v) is 10.6. The van der Waals surface area contributed by atoms with Crippen LogP contribution in [0.2, 0.25) is 0 Å². The number of aliphatic hydroxyl groups excluding tert-OH is 1. The maximum atomic E-state index is 12.7. The number of fused-ring (bicyclic) bond motifs is 3. The van der Waals surface area contributed by atoms with Crippen molar-refractivity contribution in [1.29, 1.82) is 0 Å². The predicted octanol–water partition coefficient (Wildman–Crippen LogP) is 2.63. The number of rotatable bonds is 10. The largest absolute Gasteiger partial charge is 0.468 e. The second-order valence-electron chi connectivity index (χ2n) is 7.28. The molecule has 0 bridgehead atoms. The monoisotopic (exact) mass is 415 g/mol. The van der Waals surface area contributed by atoms with Gasteiger partial charge in [-0.15, -0.1) is 17.9 Å². The molecule has 29 heavy (non-hydrogen) atoms. The Hall–Kier alpha value is -2.26. The number of hydrogen-bond acceptors (Lipinski definition) is 7. The van der Waals surface area contributed by atoms with E-state index in [1.807, 2.05) is 17.0 Å². The molecule has 0 unspecified atom stereocenters. The molecule has 0 radical (unpaired) electrons. The van der Waals surface area contributed by atoms with Gasteiger partial charge in [-0.1, -0.05) is 6.08 Å². The summed E-state index contributed by atoms with van der Waals surface area (Å²) in [6.07, 6.45) is 5.70. The van der Waals surface area contributed by atoms with Crippen LogP contribution in [0.25, 0.3) is 10.2 Å². The van der Waals surface area contributed by atoms with E-state index >= 15 is 0 Å². The first-order valence-electron chi connectivity index (χ1n) is 9.79. The summed E-state index contributed by atoms with van der Waals surface area (Å²) in [5, 5.41) is 11.1. The van der Waals surface area contributed by atoms with Crippen molar-refractivity contribution < 1.29 is 14.3 Å². The van der Waals surface area contributed by atoms with Crippen LogP contribution in [0.15, 0.2) is 40.3 Å². The Balaban J connectivity index is 1.53. The van der Waals surface area contributed by atoms with Crippen LogP contribution in [0.5, 0.6) is 0 Å². The highest BCUT2D eigenvalue weighted by Crippen LogP contribution is 2.34. The van der Waals surface area contributed by atoms with Gasteiger partial charge >= 0.3 is 0 Å². The Morgan fingerprint density at radius 1 is 1.45 bits per heavy atom. The fourth-order valence-electron chi connectivity index (χ4n) is 3.78. The zero-order valence-electron chi connectivity index (χ0n) is 16.2. The molecular formula is C21H25N3O4S. The molecule has 8 heteroatoms. The van der Waals surface area contributed by atoms with Gasteiger partial charge < -0.3 is 19.2 Å². The molecule has 0 saturated heterocycles. The number of aromatic nitrogens is 2. The van der Waals surface area contributed by atoms with Crippen LogP contribution in [-0.2, 0) is 30.7 Å². The minimum atomic E-state index is -0.675. The molecule has 3 aromatic rings. The summed E-state index contributed by atoms with van der Waals surface area (Å²) in [6, 6.07) is 3.72. The zero-order valence-corrected chi connectivity index (χ0v) is 17.0. The summed E-state index contributed by atoms with van der Waals surface area (Å²) in [5.41, 5.74) is 1.10. The molecule has 154 valence electrons. The average molecular weight is 416 g/mol. The van der Waals surface area contributed by atoms with Gasteiger partial charge in [-0.3, -0.25) is 9.69 Å². The molecule has 1 aliphatic carbocycles. The molecule has 1 aliphatic rings. The predicted molar refractivity (Wildman–Crippen MR) is 112 cm³/mol. The molecule has 2 N–H and O–H groups in total. The quantitative estimate of drug-likeness (QED) is 0.391. The summed E-state index contributed by atoms with van der Waals surface area (Å²) in [5.74, 6) is 1.37. The van der Waals surface area contributed by atoms with Crippen molar-refractivity contribution in [1.82, 2.24) is 14.9 Å². The highest BCUT2D eigenvalue weighted by atomic mass is 32.1. The van der Waals surface area contributed by atoms with E-state index in [4.69, 9.17) is 14.1 Å². The highest BCUT2D eigenvalue weighted by Gasteiger charge is 2.22. The normalized spacial score (nSPS) is 14.6. The number of H-pyrrole nitrogens is 1. The molecule has 3 aromatic heterocycles. The first-order chi connectivity index (χ1) is 14.1. The molecule has 4 rings (SSSR count). The Kier molecular flexibility index (Phi) is 6.25. The summed E-state index contributed by atoms with van der Waals surface area (Å²) in [7, 11) is 0. The highest BCUT2D eigenvalue weighted by molar-refractivity contribution is 7.18. The van der Waals surface area contributed by atoms with Gasteiger partial charge in [0.25, 0.3) is 5.56 Å². The van der Waals surface area contributed by atoms with E-state index in [0.717, 1.165) is 35.2 Å². The third-order valence-electron chi connectivity index (χ3n) is 4.97. The van der Waals surface area contributed by atoms with Crippen molar-refractivity contribution in [3.63, 3.8) is 0 Å². The first kappa shape index (κ1) is 20.0. The lowest BCUT2D eigenvalue weighted by molar-refractivity contribution is 0.0210. The number of aromatic amines is 1. The van der Waals surface area contributed by atoms with Gasteiger partial charge in [0.1, 0.15) is 16.4 Å². The molecule has 7 nitrogen and oxygen atoms in total. The van der Waals surface area contributed by atoms with Gasteiger partial charge in [-0.2, -0.15) is 0 Å². The number of ether oxygens (including phenoxy) is 1. The number of thiophene rings is 1. The van der Waals surface area contributed by atoms with Crippen LogP contribution < -0.4 is 5.56 Å². The van der Waals surface area contributed by atoms with Gasteiger partial charge in [0.2, 0.25) is 0 Å². The molecule has 3 heterocycles. The Bertz CT molecular complexity index is 1020. The van der Waals surface area contributed by atoms with E-state index in [1.165, 1.54) is 10.4 Å². The number of furan rings is 1. The standard InChI is InChI=1S/C21H25N3O4S/c1-2-8-27-13-14(25)10-24(11-15-5-4-9-28-15)12-18-22-20(26)19-16-6-3-7-17(16)29-21(19)23-18/h2,4-5,9,14,25H,1,3,6-8,10-13H2,(H,22,23,26)/t14-/m1/s1. The Labute approximate surface area is 172 Å². The molecule has 0 aliphatic heterocycles. The van der Waals surface area contributed by atoms with Gasteiger partial charge in [-0.05, 0) is 37.0 Å². The summed E-state index contributed by atoms with van der Waals surface area (Å²) in [6.45, 7) is 5.46. The minimum absolute atomic E-state index is 0.0720. The van der Waals surface area contributed by atoms with Crippen molar-refractivity contribution >= 4 is 21.6 Å².